The molecule has 2 aromatic rings. The molecule has 1 saturated heterocycles. The Balaban J connectivity index is 1.87. The normalized spacial score (nSPS) is 18.3. The van der Waals surface area contributed by atoms with Crippen LogP contribution in [0.4, 0.5) is 5.69 Å². The summed E-state index contributed by atoms with van der Waals surface area (Å²) in [5.74, 6) is -0.274. The van der Waals surface area contributed by atoms with Crippen molar-refractivity contribution in [3.05, 3.63) is 58.1 Å². The molecule has 27 heavy (non-hydrogen) atoms. The summed E-state index contributed by atoms with van der Waals surface area (Å²) in [6.07, 6.45) is 2.10. The lowest BCUT2D eigenvalue weighted by molar-refractivity contribution is -0.120. The maximum Gasteiger partial charge on any atom is 0.243 e. The zero-order chi connectivity index (χ0) is 19.6. The Morgan fingerprint density at radius 2 is 1.81 bits per heavy atom. The highest BCUT2D eigenvalue weighted by molar-refractivity contribution is 9.10. The van der Waals surface area contributed by atoms with Crippen molar-refractivity contribution in [2.24, 2.45) is 0 Å². The maximum atomic E-state index is 13.1. The van der Waals surface area contributed by atoms with Gasteiger partial charge in [-0.15, -0.1) is 0 Å². The molecule has 0 aliphatic carbocycles. The van der Waals surface area contributed by atoms with Crippen LogP contribution >= 0.6 is 15.9 Å². The second-order valence-corrected chi connectivity index (χ2v) is 9.70. The Labute approximate surface area is 169 Å². The second kappa shape index (κ2) is 8.12. The van der Waals surface area contributed by atoms with Gasteiger partial charge in [0.2, 0.25) is 15.9 Å². The van der Waals surface area contributed by atoms with Gasteiger partial charge in [-0.3, -0.25) is 4.79 Å². The van der Waals surface area contributed by atoms with Crippen LogP contribution in [0.5, 0.6) is 0 Å². The van der Waals surface area contributed by atoms with E-state index in [4.69, 9.17) is 0 Å². The third-order valence-electron chi connectivity index (χ3n) is 4.83. The largest absolute Gasteiger partial charge is 0.324 e. The van der Waals surface area contributed by atoms with E-state index in [0.717, 1.165) is 34.1 Å². The first-order valence-corrected chi connectivity index (χ1v) is 11.2. The van der Waals surface area contributed by atoms with E-state index >= 15 is 0 Å². The summed E-state index contributed by atoms with van der Waals surface area (Å²) in [4.78, 5) is 13.2. The van der Waals surface area contributed by atoms with Crippen LogP contribution in [-0.4, -0.2) is 31.2 Å². The number of carbonyl (C=O) groups excluding carboxylic acids is 1. The molecule has 2 aromatic carbocycles. The predicted octanol–water partition coefficient (Wildman–Crippen LogP) is 4.25. The van der Waals surface area contributed by atoms with Gasteiger partial charge in [-0.25, -0.2) is 8.42 Å². The lowest BCUT2D eigenvalue weighted by Gasteiger charge is -2.33. The molecule has 0 radical (unpaired) electrons. The number of halogens is 1. The smallest absolute Gasteiger partial charge is 0.243 e. The zero-order valence-electron chi connectivity index (χ0n) is 15.4. The molecule has 1 fully saturated rings. The fourth-order valence-electron chi connectivity index (χ4n) is 3.28. The number of piperidine rings is 1. The SMILES string of the molecule is Cc1ccc(C)c(NC(=O)[C@@H]2CCCCN2S(=O)(=O)c2ccc(Br)cc2)c1. The van der Waals surface area contributed by atoms with E-state index in [9.17, 15) is 13.2 Å². The minimum Gasteiger partial charge on any atom is -0.324 e. The van der Waals surface area contributed by atoms with Gasteiger partial charge in [0.05, 0.1) is 4.90 Å². The zero-order valence-corrected chi connectivity index (χ0v) is 17.8. The average Bonchev–Trinajstić information content (AvgIpc) is 2.65. The van der Waals surface area contributed by atoms with Gasteiger partial charge in [0.1, 0.15) is 6.04 Å². The number of amides is 1. The number of anilines is 1. The van der Waals surface area contributed by atoms with Crippen LogP contribution in [0.1, 0.15) is 30.4 Å². The summed E-state index contributed by atoms with van der Waals surface area (Å²) >= 11 is 3.32. The molecular formula is C20H23BrN2O3S. The van der Waals surface area contributed by atoms with Gasteiger partial charge in [0, 0.05) is 16.7 Å². The monoisotopic (exact) mass is 450 g/mol. The first-order valence-electron chi connectivity index (χ1n) is 8.94. The Kier molecular flexibility index (Phi) is 6.03. The van der Waals surface area contributed by atoms with Crippen molar-refractivity contribution >= 4 is 37.5 Å². The van der Waals surface area contributed by atoms with E-state index in [-0.39, 0.29) is 10.8 Å². The molecule has 0 spiro atoms. The van der Waals surface area contributed by atoms with Gasteiger partial charge >= 0.3 is 0 Å². The minimum absolute atomic E-state index is 0.206. The van der Waals surface area contributed by atoms with Gasteiger partial charge in [-0.1, -0.05) is 34.5 Å². The van der Waals surface area contributed by atoms with Crippen molar-refractivity contribution < 1.29 is 13.2 Å². The number of hydrogen-bond donors (Lipinski definition) is 1. The van der Waals surface area contributed by atoms with Crippen LogP contribution in [0.2, 0.25) is 0 Å². The number of aryl methyl sites for hydroxylation is 2. The van der Waals surface area contributed by atoms with Crippen molar-refractivity contribution in [2.45, 2.75) is 44.0 Å². The van der Waals surface area contributed by atoms with Crippen molar-refractivity contribution in [1.29, 1.82) is 0 Å². The third kappa shape index (κ3) is 4.42. The first-order chi connectivity index (χ1) is 12.8. The van der Waals surface area contributed by atoms with E-state index < -0.39 is 16.1 Å². The molecule has 3 rings (SSSR count). The molecule has 1 atom stereocenters. The molecule has 0 saturated carbocycles. The molecule has 5 nitrogen and oxygen atoms in total. The summed E-state index contributed by atoms with van der Waals surface area (Å²) in [6.45, 7) is 4.23. The van der Waals surface area contributed by atoms with Gasteiger partial charge in [-0.2, -0.15) is 4.31 Å². The van der Waals surface area contributed by atoms with Crippen LogP contribution in [0, 0.1) is 13.8 Å². The molecule has 1 heterocycles. The topological polar surface area (TPSA) is 66.5 Å². The Morgan fingerprint density at radius 1 is 1.11 bits per heavy atom. The number of hydrogen-bond acceptors (Lipinski definition) is 3. The lowest BCUT2D eigenvalue weighted by atomic mass is 10.0. The highest BCUT2D eigenvalue weighted by atomic mass is 79.9. The quantitative estimate of drug-likeness (QED) is 0.756. The first kappa shape index (κ1) is 20.0. The summed E-state index contributed by atoms with van der Waals surface area (Å²) < 4.78 is 28.4. The Hall–Kier alpha value is -1.70. The summed E-state index contributed by atoms with van der Waals surface area (Å²) in [5, 5.41) is 2.93. The highest BCUT2D eigenvalue weighted by Crippen LogP contribution is 2.27. The van der Waals surface area contributed by atoms with Gasteiger partial charge in [0.15, 0.2) is 0 Å². The molecule has 1 amide bonds. The third-order valence-corrected chi connectivity index (χ3v) is 7.28. The lowest BCUT2D eigenvalue weighted by Crippen LogP contribution is -2.49. The number of nitrogens with zero attached hydrogens (tertiary/aromatic N) is 1. The van der Waals surface area contributed by atoms with E-state index in [1.165, 1.54) is 4.31 Å². The molecule has 0 unspecified atom stereocenters. The standard InChI is InChI=1S/C20H23BrN2O3S/c1-14-6-7-15(2)18(13-14)22-20(24)19-5-3-4-12-23(19)27(25,26)17-10-8-16(21)9-11-17/h6-11,13,19H,3-5,12H2,1-2H3,(H,22,24)/t19-/m0/s1. The van der Waals surface area contributed by atoms with Crippen LogP contribution in [0.3, 0.4) is 0 Å². The fraction of sp³-hybridized carbons (Fsp3) is 0.350. The highest BCUT2D eigenvalue weighted by Gasteiger charge is 2.37. The van der Waals surface area contributed by atoms with Gasteiger partial charge < -0.3 is 5.32 Å². The molecule has 1 aliphatic heterocycles. The number of sulfonamides is 1. The molecule has 7 heteroatoms. The predicted molar refractivity (Wildman–Crippen MR) is 110 cm³/mol. The van der Waals surface area contributed by atoms with E-state index in [1.807, 2.05) is 32.0 Å². The number of carbonyl (C=O) groups is 1. The molecule has 0 aromatic heterocycles. The van der Waals surface area contributed by atoms with Gasteiger partial charge in [-0.05, 0) is 68.1 Å². The molecule has 1 N–H and O–H groups in total. The number of nitrogens with one attached hydrogen (secondary N) is 1. The van der Waals surface area contributed by atoms with E-state index in [0.29, 0.717) is 13.0 Å². The van der Waals surface area contributed by atoms with Gasteiger partial charge in [0.25, 0.3) is 0 Å². The molecule has 144 valence electrons. The Morgan fingerprint density at radius 3 is 2.52 bits per heavy atom. The number of benzene rings is 2. The summed E-state index contributed by atoms with van der Waals surface area (Å²) in [7, 11) is -3.73. The molecule has 0 bridgehead atoms. The minimum atomic E-state index is -3.73. The number of rotatable bonds is 4. The molecule has 1 aliphatic rings. The van der Waals surface area contributed by atoms with E-state index in [2.05, 4.69) is 21.2 Å². The van der Waals surface area contributed by atoms with Crippen LogP contribution < -0.4 is 5.32 Å². The van der Waals surface area contributed by atoms with Crippen molar-refractivity contribution in [3.63, 3.8) is 0 Å². The van der Waals surface area contributed by atoms with Crippen LogP contribution in [0.25, 0.3) is 0 Å². The Bertz CT molecular complexity index is 942. The van der Waals surface area contributed by atoms with E-state index in [1.54, 1.807) is 24.3 Å². The van der Waals surface area contributed by atoms with Crippen molar-refractivity contribution in [1.82, 2.24) is 4.31 Å². The fourth-order valence-corrected chi connectivity index (χ4v) is 5.20. The summed E-state index contributed by atoms with van der Waals surface area (Å²) in [6, 6.07) is 11.7. The summed E-state index contributed by atoms with van der Waals surface area (Å²) in [5.41, 5.74) is 2.72. The average molecular weight is 451 g/mol. The molecular weight excluding hydrogens is 428 g/mol. The second-order valence-electron chi connectivity index (χ2n) is 6.89. The van der Waals surface area contributed by atoms with Crippen LogP contribution in [0.15, 0.2) is 51.8 Å². The van der Waals surface area contributed by atoms with Crippen molar-refractivity contribution in [2.75, 3.05) is 11.9 Å². The maximum absolute atomic E-state index is 13.1. The van der Waals surface area contributed by atoms with Crippen molar-refractivity contribution in [3.8, 4) is 0 Å². The van der Waals surface area contributed by atoms with Crippen LogP contribution in [-0.2, 0) is 14.8 Å².